The number of hydrogen-bond acceptors (Lipinski definition) is 4. The van der Waals surface area contributed by atoms with Gasteiger partial charge in [0.05, 0.1) is 22.8 Å². The van der Waals surface area contributed by atoms with Gasteiger partial charge in [0.1, 0.15) is 0 Å². The third-order valence-electron chi connectivity index (χ3n) is 6.78. The molecule has 0 bridgehead atoms. The maximum absolute atomic E-state index is 12.6. The Morgan fingerprint density at radius 3 is 2.61 bits per heavy atom. The van der Waals surface area contributed by atoms with Crippen molar-refractivity contribution in [1.29, 1.82) is 0 Å². The lowest BCUT2D eigenvalue weighted by Gasteiger charge is -2.22. The molecule has 0 unspecified atom stereocenters. The Labute approximate surface area is 221 Å². The molecular weight excluding hydrogens is 491 g/mol. The highest BCUT2D eigenvalue weighted by molar-refractivity contribution is 6.34. The van der Waals surface area contributed by atoms with Gasteiger partial charge in [0.2, 0.25) is 5.91 Å². The highest BCUT2D eigenvalue weighted by Crippen LogP contribution is 2.50. The molecule has 0 radical (unpaired) electrons. The summed E-state index contributed by atoms with van der Waals surface area (Å²) in [5.41, 5.74) is 7.17. The van der Waals surface area contributed by atoms with Crippen molar-refractivity contribution in [1.82, 2.24) is 10.3 Å². The summed E-state index contributed by atoms with van der Waals surface area (Å²) in [6.45, 7) is 6.10. The Bertz CT molecular complexity index is 1450. The van der Waals surface area contributed by atoms with Crippen LogP contribution in [0.3, 0.4) is 0 Å². The lowest BCUT2D eigenvalue weighted by atomic mass is 9.82. The topological polar surface area (TPSA) is 66.1 Å². The molecule has 1 aliphatic carbocycles. The van der Waals surface area contributed by atoms with Crippen LogP contribution in [0.4, 0.5) is 11.4 Å². The third kappa shape index (κ3) is 4.79. The fraction of sp³-hybridized carbons (Fsp3) is 0.241. The molecule has 3 aromatic carbocycles. The number of fused-ring (bicyclic) bond motifs is 4. The second-order valence-corrected chi connectivity index (χ2v) is 10.4. The fourth-order valence-corrected chi connectivity index (χ4v) is 5.30. The van der Waals surface area contributed by atoms with Gasteiger partial charge in [-0.25, -0.2) is 0 Å². The number of pyridine rings is 1. The molecule has 0 aliphatic heterocycles. The molecule has 3 N–H and O–H groups in total. The van der Waals surface area contributed by atoms with Gasteiger partial charge in [0, 0.05) is 34.3 Å². The first-order valence-corrected chi connectivity index (χ1v) is 12.8. The van der Waals surface area contributed by atoms with Crippen LogP contribution < -0.4 is 16.0 Å². The number of carbonyl (C=O) groups excluding carboxylic acids is 1. The maximum Gasteiger partial charge on any atom is 0.238 e. The van der Waals surface area contributed by atoms with Crippen molar-refractivity contribution in [3.63, 3.8) is 0 Å². The van der Waals surface area contributed by atoms with Gasteiger partial charge < -0.3 is 16.0 Å². The number of anilines is 2. The van der Waals surface area contributed by atoms with E-state index in [1.807, 2.05) is 42.5 Å². The van der Waals surface area contributed by atoms with E-state index in [4.69, 9.17) is 23.2 Å². The zero-order chi connectivity index (χ0) is 25.3. The number of rotatable bonds is 8. The number of amides is 1. The Balaban J connectivity index is 1.13. The van der Waals surface area contributed by atoms with Crippen molar-refractivity contribution >= 4 is 51.4 Å². The van der Waals surface area contributed by atoms with Gasteiger partial charge >= 0.3 is 0 Å². The molecule has 0 saturated heterocycles. The molecule has 36 heavy (non-hydrogen) atoms. The molecule has 184 valence electrons. The van der Waals surface area contributed by atoms with E-state index in [0.717, 1.165) is 35.1 Å². The smallest absolute Gasteiger partial charge is 0.238 e. The minimum absolute atomic E-state index is 0.116. The third-order valence-corrected chi connectivity index (χ3v) is 7.33. The van der Waals surface area contributed by atoms with Crippen LogP contribution in [-0.2, 0) is 10.2 Å². The summed E-state index contributed by atoms with van der Waals surface area (Å²) in [6, 6.07) is 20.0. The van der Waals surface area contributed by atoms with Crippen molar-refractivity contribution in [3.05, 3.63) is 88.0 Å². The Kier molecular flexibility index (Phi) is 6.89. The molecule has 4 aromatic rings. The summed E-state index contributed by atoms with van der Waals surface area (Å²) in [6.07, 6.45) is 2.63. The largest absolute Gasteiger partial charge is 0.384 e. The maximum atomic E-state index is 12.6. The van der Waals surface area contributed by atoms with Gasteiger partial charge in [-0.05, 0) is 71.6 Å². The second kappa shape index (κ2) is 10.1. The summed E-state index contributed by atoms with van der Waals surface area (Å²) in [5.74, 6) is -0.116. The van der Waals surface area contributed by atoms with Crippen molar-refractivity contribution in [2.75, 3.05) is 30.3 Å². The zero-order valence-corrected chi connectivity index (χ0v) is 21.8. The summed E-state index contributed by atoms with van der Waals surface area (Å²) >= 11 is 12.6. The normalized spacial score (nSPS) is 13.3. The number of aromatic nitrogens is 1. The van der Waals surface area contributed by atoms with E-state index in [9.17, 15) is 4.79 Å². The lowest BCUT2D eigenvalue weighted by molar-refractivity contribution is -0.115. The van der Waals surface area contributed by atoms with Crippen LogP contribution in [0.2, 0.25) is 10.0 Å². The number of benzene rings is 3. The summed E-state index contributed by atoms with van der Waals surface area (Å²) in [5, 5.41) is 11.9. The molecule has 5 nitrogen and oxygen atoms in total. The first kappa shape index (κ1) is 24.6. The summed E-state index contributed by atoms with van der Waals surface area (Å²) < 4.78 is 0. The quantitative estimate of drug-likeness (QED) is 0.222. The molecule has 1 aromatic heterocycles. The van der Waals surface area contributed by atoms with Crippen LogP contribution in [0.5, 0.6) is 0 Å². The number of nitrogens with one attached hydrogen (secondary N) is 3. The lowest BCUT2D eigenvalue weighted by Crippen LogP contribution is -2.29. The van der Waals surface area contributed by atoms with E-state index >= 15 is 0 Å². The predicted octanol–water partition coefficient (Wildman–Crippen LogP) is 6.88. The number of halogens is 2. The van der Waals surface area contributed by atoms with Gasteiger partial charge in [-0.15, -0.1) is 0 Å². The van der Waals surface area contributed by atoms with E-state index in [0.29, 0.717) is 22.3 Å². The minimum atomic E-state index is -0.145. The average molecular weight is 519 g/mol. The van der Waals surface area contributed by atoms with Gasteiger partial charge in [-0.3, -0.25) is 9.78 Å². The van der Waals surface area contributed by atoms with Gasteiger partial charge in [0.15, 0.2) is 0 Å². The van der Waals surface area contributed by atoms with Gasteiger partial charge in [-0.1, -0.05) is 61.3 Å². The van der Waals surface area contributed by atoms with Gasteiger partial charge in [0.25, 0.3) is 0 Å². The van der Waals surface area contributed by atoms with E-state index in [1.54, 1.807) is 6.20 Å². The molecule has 1 heterocycles. The first-order chi connectivity index (χ1) is 17.3. The Hall–Kier alpha value is -3.12. The number of hydrogen-bond donors (Lipinski definition) is 3. The Morgan fingerprint density at radius 2 is 1.75 bits per heavy atom. The first-order valence-electron chi connectivity index (χ1n) is 12.1. The van der Waals surface area contributed by atoms with E-state index < -0.39 is 0 Å². The molecule has 0 spiro atoms. The van der Waals surface area contributed by atoms with Crippen molar-refractivity contribution in [2.45, 2.75) is 25.7 Å². The van der Waals surface area contributed by atoms with Crippen LogP contribution in [0.1, 0.15) is 31.4 Å². The van der Waals surface area contributed by atoms with E-state index in [1.165, 1.54) is 16.7 Å². The molecule has 0 atom stereocenters. The molecule has 0 saturated carbocycles. The van der Waals surface area contributed by atoms with Crippen molar-refractivity contribution < 1.29 is 4.79 Å². The Morgan fingerprint density at radius 1 is 0.917 bits per heavy atom. The second-order valence-electron chi connectivity index (χ2n) is 9.57. The monoisotopic (exact) mass is 518 g/mol. The van der Waals surface area contributed by atoms with Crippen LogP contribution >= 0.6 is 23.2 Å². The van der Waals surface area contributed by atoms with Crippen LogP contribution in [0.25, 0.3) is 22.0 Å². The average Bonchev–Trinajstić information content (AvgIpc) is 3.07. The molecule has 1 amide bonds. The molecule has 1 aliphatic rings. The van der Waals surface area contributed by atoms with Gasteiger partial charge in [-0.2, -0.15) is 0 Å². The predicted molar refractivity (Wildman–Crippen MR) is 150 cm³/mol. The van der Waals surface area contributed by atoms with E-state index in [2.05, 4.69) is 53.0 Å². The molecule has 5 rings (SSSR count). The van der Waals surface area contributed by atoms with Crippen LogP contribution in [0, 0.1) is 0 Å². The summed E-state index contributed by atoms with van der Waals surface area (Å²) in [7, 11) is 0. The SMILES string of the molecule is CC1(C)c2ccccc2-c2cc(Cl)c(NC(=O)CNCCCNc3ccnc4cc(Cl)ccc34)cc21. The standard InChI is InChI=1S/C29H28Cl2N4O/c1-29(2)22-7-4-3-6-19(22)21-15-24(31)27(16-23(21)29)35-28(36)17-32-11-5-12-33-25-10-13-34-26-14-18(30)8-9-20(25)26/h3-4,6-10,13-16,32H,5,11-12,17H2,1-2H3,(H,33,34)(H,35,36). The number of carbonyl (C=O) groups is 1. The zero-order valence-electron chi connectivity index (χ0n) is 20.3. The fourth-order valence-electron chi connectivity index (χ4n) is 4.93. The minimum Gasteiger partial charge on any atom is -0.384 e. The molecular formula is C29H28Cl2N4O. The highest BCUT2D eigenvalue weighted by atomic mass is 35.5. The van der Waals surface area contributed by atoms with Crippen LogP contribution in [-0.4, -0.2) is 30.5 Å². The highest BCUT2D eigenvalue weighted by Gasteiger charge is 2.35. The van der Waals surface area contributed by atoms with Crippen LogP contribution in [0.15, 0.2) is 66.9 Å². The van der Waals surface area contributed by atoms with Crippen molar-refractivity contribution in [2.24, 2.45) is 0 Å². The summed E-state index contributed by atoms with van der Waals surface area (Å²) in [4.78, 5) is 17.0. The molecule has 0 fully saturated rings. The molecule has 7 heteroatoms. The van der Waals surface area contributed by atoms with Crippen molar-refractivity contribution in [3.8, 4) is 11.1 Å². The number of nitrogens with zero attached hydrogens (tertiary/aromatic N) is 1. The van der Waals surface area contributed by atoms with E-state index in [-0.39, 0.29) is 17.9 Å².